The van der Waals surface area contributed by atoms with Crippen molar-refractivity contribution in [2.45, 2.75) is 12.8 Å². The number of hydrogen-bond donors (Lipinski definition) is 2. The Labute approximate surface area is 218 Å². The van der Waals surface area contributed by atoms with Gasteiger partial charge in [0.15, 0.2) is 11.5 Å². The number of methoxy groups -OCH3 is 1. The molecule has 184 valence electrons. The summed E-state index contributed by atoms with van der Waals surface area (Å²) in [6.07, 6.45) is 5.29. The fourth-order valence-electron chi connectivity index (χ4n) is 4.32. The van der Waals surface area contributed by atoms with Crippen molar-refractivity contribution in [2.75, 3.05) is 19.0 Å². The second-order valence-corrected chi connectivity index (χ2v) is 9.47. The van der Waals surface area contributed by atoms with Gasteiger partial charge in [0.2, 0.25) is 0 Å². The summed E-state index contributed by atoms with van der Waals surface area (Å²) in [5.74, 6) is 2.36. The van der Waals surface area contributed by atoms with Crippen LogP contribution >= 0.6 is 11.3 Å². The lowest BCUT2D eigenvalue weighted by atomic mass is 10.1. The monoisotopic (exact) mass is 507 g/mol. The highest BCUT2D eigenvalue weighted by Gasteiger charge is 2.10. The number of benzene rings is 3. The van der Waals surface area contributed by atoms with Crippen LogP contribution in [-0.4, -0.2) is 33.7 Å². The number of imidazole rings is 1. The first-order valence-electron chi connectivity index (χ1n) is 12.1. The van der Waals surface area contributed by atoms with Gasteiger partial charge in [-0.2, -0.15) is 0 Å². The average molecular weight is 508 g/mol. The van der Waals surface area contributed by atoms with E-state index in [9.17, 15) is 0 Å². The maximum Gasteiger partial charge on any atom is 0.162 e. The van der Waals surface area contributed by atoms with E-state index in [2.05, 4.69) is 43.5 Å². The summed E-state index contributed by atoms with van der Waals surface area (Å²) < 4.78 is 11.7. The lowest BCUT2D eigenvalue weighted by Crippen LogP contribution is -2.02. The highest BCUT2D eigenvalue weighted by Crippen LogP contribution is 2.34. The van der Waals surface area contributed by atoms with E-state index in [0.29, 0.717) is 18.1 Å². The first kappa shape index (κ1) is 23.0. The van der Waals surface area contributed by atoms with Crippen LogP contribution in [-0.2, 0) is 6.42 Å². The Balaban J connectivity index is 1.12. The van der Waals surface area contributed by atoms with Crippen LogP contribution in [0.25, 0.3) is 32.5 Å². The molecule has 8 heteroatoms. The number of aromatic nitrogens is 4. The van der Waals surface area contributed by atoms with E-state index in [1.54, 1.807) is 18.4 Å². The van der Waals surface area contributed by atoms with E-state index < -0.39 is 0 Å². The largest absolute Gasteiger partial charge is 0.493 e. The number of rotatable bonds is 9. The van der Waals surface area contributed by atoms with Crippen molar-refractivity contribution < 1.29 is 9.47 Å². The zero-order valence-electron chi connectivity index (χ0n) is 20.3. The molecule has 0 amide bonds. The predicted octanol–water partition coefficient (Wildman–Crippen LogP) is 7.00. The van der Waals surface area contributed by atoms with Crippen molar-refractivity contribution >= 4 is 44.6 Å². The molecule has 6 aromatic rings. The smallest absolute Gasteiger partial charge is 0.162 e. The number of thiazole rings is 1. The van der Waals surface area contributed by atoms with Gasteiger partial charge < -0.3 is 19.8 Å². The maximum absolute atomic E-state index is 6.04. The number of hydrogen-bond acceptors (Lipinski definition) is 7. The van der Waals surface area contributed by atoms with Crippen molar-refractivity contribution in [3.8, 4) is 22.1 Å². The first-order valence-corrected chi connectivity index (χ1v) is 12.9. The van der Waals surface area contributed by atoms with Crippen molar-refractivity contribution in [1.82, 2.24) is 19.9 Å². The minimum atomic E-state index is 0.566. The van der Waals surface area contributed by atoms with Gasteiger partial charge in [-0.3, -0.25) is 4.98 Å². The summed E-state index contributed by atoms with van der Waals surface area (Å²) in [6, 6.07) is 22.1. The second kappa shape index (κ2) is 10.3. The van der Waals surface area contributed by atoms with Gasteiger partial charge in [0.05, 0.1) is 30.3 Å². The van der Waals surface area contributed by atoms with Gasteiger partial charge in [-0.15, -0.1) is 11.3 Å². The summed E-state index contributed by atoms with van der Waals surface area (Å²) in [5.41, 5.74) is 5.90. The molecule has 0 atom stereocenters. The number of pyridine rings is 1. The number of H-pyrrole nitrogens is 1. The van der Waals surface area contributed by atoms with Crippen LogP contribution < -0.4 is 14.8 Å². The Morgan fingerprint density at radius 1 is 0.919 bits per heavy atom. The van der Waals surface area contributed by atoms with Crippen molar-refractivity contribution in [3.05, 3.63) is 90.3 Å². The normalized spacial score (nSPS) is 11.2. The van der Waals surface area contributed by atoms with E-state index in [1.165, 1.54) is 0 Å². The molecule has 3 aromatic carbocycles. The SMILES string of the molecule is COc1cc(Nc2ccnc3cc(-c4nccs4)ccc23)ccc1OCCCc1nc2ccccc2[nH]1. The molecule has 0 aliphatic heterocycles. The molecular weight excluding hydrogens is 482 g/mol. The van der Waals surface area contributed by atoms with Crippen LogP contribution in [0.5, 0.6) is 11.5 Å². The molecule has 3 aromatic heterocycles. The molecule has 0 aliphatic carbocycles. The van der Waals surface area contributed by atoms with E-state index in [1.807, 2.05) is 66.3 Å². The predicted molar refractivity (Wildman–Crippen MR) is 149 cm³/mol. The number of anilines is 2. The molecule has 6 rings (SSSR count). The molecule has 37 heavy (non-hydrogen) atoms. The fourth-order valence-corrected chi connectivity index (χ4v) is 4.96. The molecule has 7 nitrogen and oxygen atoms in total. The Hall–Kier alpha value is -4.43. The number of nitrogens with one attached hydrogen (secondary N) is 2. The molecule has 2 N–H and O–H groups in total. The van der Waals surface area contributed by atoms with Crippen LogP contribution in [0.2, 0.25) is 0 Å². The van der Waals surface area contributed by atoms with Crippen molar-refractivity contribution in [1.29, 1.82) is 0 Å². The van der Waals surface area contributed by atoms with Crippen LogP contribution in [0.15, 0.2) is 84.5 Å². The second-order valence-electron chi connectivity index (χ2n) is 8.57. The van der Waals surface area contributed by atoms with Gasteiger partial charge in [-0.05, 0) is 42.8 Å². The quantitative estimate of drug-likeness (QED) is 0.205. The van der Waals surface area contributed by atoms with E-state index in [0.717, 1.165) is 62.5 Å². The Morgan fingerprint density at radius 2 is 1.86 bits per heavy atom. The fraction of sp³-hybridized carbons (Fsp3) is 0.138. The maximum atomic E-state index is 6.04. The van der Waals surface area contributed by atoms with Gasteiger partial charge in [-0.25, -0.2) is 9.97 Å². The molecule has 0 bridgehead atoms. The molecular formula is C29H25N5O2S. The van der Waals surface area contributed by atoms with E-state index >= 15 is 0 Å². The summed E-state index contributed by atoms with van der Waals surface area (Å²) in [7, 11) is 1.66. The number of ether oxygens (including phenoxy) is 2. The third-order valence-corrected chi connectivity index (χ3v) is 6.94. The molecule has 0 unspecified atom stereocenters. The highest BCUT2D eigenvalue weighted by atomic mass is 32.1. The lowest BCUT2D eigenvalue weighted by Gasteiger charge is -2.14. The highest BCUT2D eigenvalue weighted by molar-refractivity contribution is 7.13. The minimum absolute atomic E-state index is 0.566. The zero-order chi connectivity index (χ0) is 25.0. The van der Waals surface area contributed by atoms with Gasteiger partial charge in [-0.1, -0.05) is 24.3 Å². The molecule has 3 heterocycles. The van der Waals surface area contributed by atoms with Crippen molar-refractivity contribution in [2.24, 2.45) is 0 Å². The first-order chi connectivity index (χ1) is 18.3. The van der Waals surface area contributed by atoms with Crippen LogP contribution in [0, 0.1) is 0 Å². The zero-order valence-corrected chi connectivity index (χ0v) is 21.1. The molecule has 0 fully saturated rings. The third-order valence-electron chi connectivity index (χ3n) is 6.12. The Kier molecular flexibility index (Phi) is 6.39. The van der Waals surface area contributed by atoms with Crippen molar-refractivity contribution in [3.63, 3.8) is 0 Å². The van der Waals surface area contributed by atoms with Gasteiger partial charge >= 0.3 is 0 Å². The molecule has 0 aliphatic rings. The number of para-hydroxylation sites is 2. The van der Waals surface area contributed by atoms with Gasteiger partial charge in [0.25, 0.3) is 0 Å². The van der Waals surface area contributed by atoms with E-state index in [-0.39, 0.29) is 0 Å². The average Bonchev–Trinajstić information content (AvgIpc) is 3.62. The Bertz CT molecular complexity index is 1630. The summed E-state index contributed by atoms with van der Waals surface area (Å²) in [5, 5.41) is 7.50. The van der Waals surface area contributed by atoms with Gasteiger partial charge in [0.1, 0.15) is 10.8 Å². The third kappa shape index (κ3) is 4.96. The van der Waals surface area contributed by atoms with Gasteiger partial charge in [0, 0.05) is 52.6 Å². The minimum Gasteiger partial charge on any atom is -0.493 e. The van der Waals surface area contributed by atoms with Crippen LogP contribution in [0.4, 0.5) is 11.4 Å². The summed E-state index contributed by atoms with van der Waals surface area (Å²) >= 11 is 1.62. The number of nitrogens with zero attached hydrogens (tertiary/aromatic N) is 3. The van der Waals surface area contributed by atoms with Crippen LogP contribution in [0.1, 0.15) is 12.2 Å². The molecule has 0 radical (unpaired) electrons. The standard InChI is InChI=1S/C29H25N5O2S/c1-35-27-18-20(9-11-26(27)36-15-4-7-28-33-23-5-2-3-6-24(23)34-28)32-22-12-13-30-25-17-19(8-10-21(22)25)29-31-14-16-37-29/h2-3,5-6,8-14,16-18H,4,7,15H2,1H3,(H,30,32)(H,33,34). The summed E-state index contributed by atoms with van der Waals surface area (Å²) in [6.45, 7) is 0.566. The number of fused-ring (bicyclic) bond motifs is 2. The molecule has 0 saturated heterocycles. The molecule has 0 spiro atoms. The Morgan fingerprint density at radius 3 is 2.73 bits per heavy atom. The summed E-state index contributed by atoms with van der Waals surface area (Å²) in [4.78, 5) is 17.0. The topological polar surface area (TPSA) is 84.9 Å². The van der Waals surface area contributed by atoms with Crippen LogP contribution in [0.3, 0.4) is 0 Å². The number of aryl methyl sites for hydroxylation is 1. The molecule has 0 saturated carbocycles. The van der Waals surface area contributed by atoms with E-state index in [4.69, 9.17) is 9.47 Å². The lowest BCUT2D eigenvalue weighted by molar-refractivity contribution is 0.289. The number of aromatic amines is 1.